The van der Waals surface area contributed by atoms with Gasteiger partial charge in [-0.05, 0) is 0 Å². The molecule has 9 heavy (non-hydrogen) atoms. The van der Waals surface area contributed by atoms with Crippen molar-refractivity contribution in [3.05, 3.63) is 6.42 Å². The molecular formula is C3HI6. The number of hydrogen-bond donors (Lipinski definition) is 0. The predicted molar refractivity (Wildman–Crippen MR) is 93.9 cm³/mol. The fraction of sp³-hybridized carbons (Fsp3) is 0.667. The lowest BCUT2D eigenvalue weighted by molar-refractivity contribution is 1.41. The highest BCUT2D eigenvalue weighted by Gasteiger charge is 2.30. The summed E-state index contributed by atoms with van der Waals surface area (Å²) in [6.07, 6.45) is 2.30. The van der Waals surface area contributed by atoms with Crippen LogP contribution in [-0.4, -0.2) is -1.13 Å². The van der Waals surface area contributed by atoms with Crippen LogP contribution < -0.4 is 0 Å². The van der Waals surface area contributed by atoms with Gasteiger partial charge in [-0.1, -0.05) is 136 Å². The summed E-state index contributed by atoms with van der Waals surface area (Å²) in [5, 5.41) is 0. The zero-order valence-electron chi connectivity index (χ0n) is 3.85. The summed E-state index contributed by atoms with van der Waals surface area (Å²) in [6, 6.07) is 0. The van der Waals surface area contributed by atoms with Gasteiger partial charge in [0.25, 0.3) is 0 Å². The van der Waals surface area contributed by atoms with Crippen molar-refractivity contribution in [2.75, 3.05) is 0 Å². The van der Waals surface area contributed by atoms with Crippen LogP contribution in [0, 0.1) is 6.42 Å². The highest BCUT2D eigenvalue weighted by atomic mass is 127. The van der Waals surface area contributed by atoms with Crippen molar-refractivity contribution >= 4 is 136 Å². The van der Waals surface area contributed by atoms with Crippen molar-refractivity contribution in [1.29, 1.82) is 0 Å². The molecule has 0 aromatic carbocycles. The average Bonchev–Trinajstić information content (AvgIpc) is 1.14. The molecule has 0 saturated carbocycles. The van der Waals surface area contributed by atoms with Gasteiger partial charge in [0.2, 0.25) is 0 Å². The normalized spacial score (nSPS) is 14.0. The molecule has 0 N–H and O–H groups in total. The quantitative estimate of drug-likeness (QED) is 0.270. The van der Waals surface area contributed by atoms with Crippen molar-refractivity contribution in [3.8, 4) is 0 Å². The molecule has 0 unspecified atom stereocenters. The third-order valence-electron chi connectivity index (χ3n) is 0.327. The van der Waals surface area contributed by atoms with E-state index in [1.165, 1.54) is 0 Å². The van der Waals surface area contributed by atoms with Crippen LogP contribution in [0.5, 0.6) is 0 Å². The second-order valence-corrected chi connectivity index (χ2v) is 23.8. The maximum Gasteiger partial charge on any atom is 0.130 e. The average molecular weight is 798 g/mol. The molecule has 0 aliphatic heterocycles. The third kappa shape index (κ3) is 12.4. The van der Waals surface area contributed by atoms with E-state index in [1.807, 2.05) is 0 Å². The van der Waals surface area contributed by atoms with Gasteiger partial charge in [-0.25, -0.2) is 0 Å². The fourth-order valence-corrected chi connectivity index (χ4v) is 8.35. The summed E-state index contributed by atoms with van der Waals surface area (Å²) in [7, 11) is 0. The largest absolute Gasteiger partial charge is 0.130 e. The van der Waals surface area contributed by atoms with Crippen LogP contribution in [0.3, 0.4) is 0 Å². The Morgan fingerprint density at radius 3 is 0.889 bits per heavy atom. The molecule has 0 aliphatic rings. The minimum Gasteiger partial charge on any atom is -0.0550 e. The van der Waals surface area contributed by atoms with Crippen LogP contribution in [0.25, 0.3) is 0 Å². The van der Waals surface area contributed by atoms with Crippen LogP contribution in [0.1, 0.15) is 0 Å². The summed E-state index contributed by atoms with van der Waals surface area (Å²) in [4.78, 5) is 0. The first-order chi connectivity index (χ1) is 3.71. The van der Waals surface area contributed by atoms with Crippen molar-refractivity contribution in [2.24, 2.45) is 0 Å². The fourth-order valence-electron chi connectivity index (χ4n) is 0.186. The van der Waals surface area contributed by atoms with E-state index < -0.39 is 0 Å². The summed E-state index contributed by atoms with van der Waals surface area (Å²) in [6.45, 7) is 0. The van der Waals surface area contributed by atoms with Crippen molar-refractivity contribution in [3.63, 3.8) is 0 Å². The Hall–Kier alpha value is 4.38. The lowest BCUT2D eigenvalue weighted by atomic mass is 10.6. The van der Waals surface area contributed by atoms with Gasteiger partial charge >= 0.3 is 0 Å². The molecule has 0 saturated heterocycles. The number of alkyl halides is 6. The molecule has 0 aromatic heterocycles. The SMILES string of the molecule is IC(I)(I)[CH]C(I)(I)I. The zero-order valence-corrected chi connectivity index (χ0v) is 16.8. The Morgan fingerprint density at radius 1 is 0.667 bits per heavy atom. The lowest BCUT2D eigenvalue weighted by Gasteiger charge is -2.18. The summed E-state index contributed by atoms with van der Waals surface area (Å²) < 4.78 is 0.494. The maximum atomic E-state index is 2.41. The smallest absolute Gasteiger partial charge is 0.0550 e. The first-order valence-corrected chi connectivity index (χ1v) is 8.18. The van der Waals surface area contributed by atoms with Gasteiger partial charge in [0, 0.05) is 6.42 Å². The van der Waals surface area contributed by atoms with Crippen molar-refractivity contribution in [1.82, 2.24) is 0 Å². The van der Waals surface area contributed by atoms with Gasteiger partial charge in [-0.3, -0.25) is 0 Å². The van der Waals surface area contributed by atoms with Crippen molar-refractivity contribution in [2.45, 2.75) is -1.13 Å². The third-order valence-corrected chi connectivity index (χ3v) is 2.20. The maximum absolute atomic E-state index is 2.41. The van der Waals surface area contributed by atoms with E-state index in [9.17, 15) is 0 Å². The summed E-state index contributed by atoms with van der Waals surface area (Å²) in [5.41, 5.74) is 0. The molecule has 55 valence electrons. The monoisotopic (exact) mass is 798 g/mol. The first kappa shape index (κ1) is 13.4. The van der Waals surface area contributed by atoms with Gasteiger partial charge in [0.15, 0.2) is 0 Å². The summed E-state index contributed by atoms with van der Waals surface area (Å²) in [5.74, 6) is 0. The Morgan fingerprint density at radius 2 is 0.889 bits per heavy atom. The van der Waals surface area contributed by atoms with Crippen molar-refractivity contribution < 1.29 is 0 Å². The van der Waals surface area contributed by atoms with Crippen LogP contribution in [0.2, 0.25) is 0 Å². The van der Waals surface area contributed by atoms with E-state index in [0.717, 1.165) is 0 Å². The molecule has 0 heterocycles. The van der Waals surface area contributed by atoms with E-state index in [4.69, 9.17) is 0 Å². The molecule has 0 spiro atoms. The number of rotatable bonds is 2. The van der Waals surface area contributed by atoms with E-state index in [0.29, 0.717) is 0 Å². The molecule has 6 heteroatoms. The molecular weight excluding hydrogens is 797 g/mol. The highest BCUT2D eigenvalue weighted by Crippen LogP contribution is 2.50. The van der Waals surface area contributed by atoms with E-state index >= 15 is 0 Å². The number of halogens is 6. The first-order valence-electron chi connectivity index (χ1n) is 1.71. The minimum atomic E-state index is 0.247. The van der Waals surface area contributed by atoms with Gasteiger partial charge in [-0.15, -0.1) is 0 Å². The molecule has 1 radical (unpaired) electrons. The van der Waals surface area contributed by atoms with Gasteiger partial charge in [0.1, 0.15) is -1.13 Å². The predicted octanol–water partition coefficient (Wildman–Crippen LogP) is 5.11. The lowest BCUT2D eigenvalue weighted by Crippen LogP contribution is -2.11. The molecule has 0 bridgehead atoms. The zero-order chi connectivity index (χ0) is 7.71. The van der Waals surface area contributed by atoms with Crippen LogP contribution in [0.4, 0.5) is 0 Å². The van der Waals surface area contributed by atoms with E-state index in [-0.39, 0.29) is -1.13 Å². The van der Waals surface area contributed by atoms with Gasteiger partial charge in [0.05, 0.1) is 0 Å². The molecule has 0 atom stereocenters. The highest BCUT2D eigenvalue weighted by molar-refractivity contribution is 14.3. The molecule has 0 fully saturated rings. The van der Waals surface area contributed by atoms with Gasteiger partial charge < -0.3 is 0 Å². The second kappa shape index (κ2) is 5.31. The Bertz CT molecular complexity index is 73.5. The van der Waals surface area contributed by atoms with Crippen LogP contribution in [0.15, 0.2) is 0 Å². The topological polar surface area (TPSA) is 0 Å². The Labute approximate surface area is 137 Å². The standard InChI is InChI=1S/C3HI6/c4-2(5,6)1-3(7,8)9/h1H. The molecule has 0 aromatic rings. The molecule has 0 nitrogen and oxygen atoms in total. The number of hydrogen-bond acceptors (Lipinski definition) is 0. The van der Waals surface area contributed by atoms with Gasteiger partial charge in [-0.2, -0.15) is 0 Å². The molecule has 0 aliphatic carbocycles. The Balaban J connectivity index is 3.75. The van der Waals surface area contributed by atoms with E-state index in [1.54, 1.807) is 0 Å². The minimum absolute atomic E-state index is 0.247. The molecule has 0 rings (SSSR count). The van der Waals surface area contributed by atoms with Crippen LogP contribution in [-0.2, 0) is 0 Å². The molecule has 0 amide bonds. The van der Waals surface area contributed by atoms with Crippen LogP contribution >= 0.6 is 136 Å². The second-order valence-electron chi connectivity index (χ2n) is 1.23. The Kier molecular flexibility index (Phi) is 7.89. The van der Waals surface area contributed by atoms with E-state index in [2.05, 4.69) is 142 Å². The summed E-state index contributed by atoms with van der Waals surface area (Å²) >= 11 is 14.4.